The molecule has 0 unspecified atom stereocenters. The van der Waals surface area contributed by atoms with Crippen molar-refractivity contribution in [2.45, 2.75) is 25.9 Å². The standard InChI is InChI=1S/C24H25NO6/c1-3-30-21-11-7-6-8-17(21)12-13-23(27)31-16-22(26)25-15-19-10-5-4-9-18(19)14-20(25)24(28)29-2/h4-13,20H,3,14-16H2,1-2H3/b13-12+/t20-/m1/s1. The van der Waals surface area contributed by atoms with Crippen LogP contribution in [0.1, 0.15) is 23.6 Å². The van der Waals surface area contributed by atoms with Gasteiger partial charge in [-0.3, -0.25) is 4.79 Å². The molecule has 1 aliphatic heterocycles. The van der Waals surface area contributed by atoms with Gasteiger partial charge in [0.2, 0.25) is 0 Å². The Labute approximate surface area is 181 Å². The number of carbonyl (C=O) groups is 3. The van der Waals surface area contributed by atoms with E-state index >= 15 is 0 Å². The molecule has 0 N–H and O–H groups in total. The van der Waals surface area contributed by atoms with Crippen molar-refractivity contribution in [1.82, 2.24) is 4.90 Å². The minimum Gasteiger partial charge on any atom is -0.493 e. The summed E-state index contributed by atoms with van der Waals surface area (Å²) in [6, 6.07) is 14.1. The molecule has 0 saturated heterocycles. The van der Waals surface area contributed by atoms with Crippen LogP contribution in [0.2, 0.25) is 0 Å². The molecular formula is C24H25NO6. The molecule has 0 spiro atoms. The predicted molar refractivity (Wildman–Crippen MR) is 114 cm³/mol. The molecular weight excluding hydrogens is 398 g/mol. The molecule has 0 fully saturated rings. The average Bonchev–Trinajstić information content (AvgIpc) is 2.80. The van der Waals surface area contributed by atoms with E-state index in [1.54, 1.807) is 12.1 Å². The third kappa shape index (κ3) is 5.51. The molecule has 0 bridgehead atoms. The number of carbonyl (C=O) groups excluding carboxylic acids is 3. The summed E-state index contributed by atoms with van der Waals surface area (Å²) >= 11 is 0. The largest absolute Gasteiger partial charge is 0.493 e. The first-order chi connectivity index (χ1) is 15.0. The third-order valence-corrected chi connectivity index (χ3v) is 5.00. The Morgan fingerprint density at radius 3 is 2.52 bits per heavy atom. The molecule has 1 heterocycles. The topological polar surface area (TPSA) is 82.1 Å². The fraction of sp³-hybridized carbons (Fsp3) is 0.292. The molecule has 31 heavy (non-hydrogen) atoms. The van der Waals surface area contributed by atoms with E-state index in [0.717, 1.165) is 16.7 Å². The van der Waals surface area contributed by atoms with Crippen LogP contribution in [0.3, 0.4) is 0 Å². The van der Waals surface area contributed by atoms with Crippen molar-refractivity contribution in [3.63, 3.8) is 0 Å². The van der Waals surface area contributed by atoms with Crippen molar-refractivity contribution in [2.75, 3.05) is 20.3 Å². The monoisotopic (exact) mass is 423 g/mol. The Hall–Kier alpha value is -3.61. The fourth-order valence-corrected chi connectivity index (χ4v) is 3.46. The van der Waals surface area contributed by atoms with Gasteiger partial charge >= 0.3 is 11.9 Å². The van der Waals surface area contributed by atoms with Crippen molar-refractivity contribution >= 4 is 23.9 Å². The summed E-state index contributed by atoms with van der Waals surface area (Å²) in [5.41, 5.74) is 2.68. The maximum absolute atomic E-state index is 12.8. The van der Waals surface area contributed by atoms with E-state index in [0.29, 0.717) is 18.8 Å². The number of nitrogens with zero attached hydrogens (tertiary/aromatic N) is 1. The van der Waals surface area contributed by atoms with Gasteiger partial charge < -0.3 is 19.1 Å². The minimum absolute atomic E-state index is 0.254. The van der Waals surface area contributed by atoms with E-state index in [9.17, 15) is 14.4 Å². The zero-order chi connectivity index (χ0) is 22.2. The summed E-state index contributed by atoms with van der Waals surface area (Å²) in [7, 11) is 1.29. The van der Waals surface area contributed by atoms with Crippen LogP contribution in [-0.2, 0) is 36.8 Å². The first kappa shape index (κ1) is 22.1. The second-order valence-electron chi connectivity index (χ2n) is 6.95. The normalized spacial score (nSPS) is 15.3. The predicted octanol–water partition coefficient (Wildman–Crippen LogP) is 2.77. The van der Waals surface area contributed by atoms with Gasteiger partial charge in [-0.05, 0) is 30.2 Å². The SMILES string of the molecule is CCOc1ccccc1/C=C/C(=O)OCC(=O)N1Cc2ccccc2C[C@@H]1C(=O)OC. The van der Waals surface area contributed by atoms with Gasteiger partial charge in [0.15, 0.2) is 6.61 Å². The number of esters is 2. The smallest absolute Gasteiger partial charge is 0.331 e. The molecule has 7 heteroatoms. The minimum atomic E-state index is -0.750. The Bertz CT molecular complexity index is 984. The lowest BCUT2D eigenvalue weighted by molar-refractivity contribution is -0.158. The first-order valence-corrected chi connectivity index (χ1v) is 10.0. The number of hydrogen-bond acceptors (Lipinski definition) is 6. The summed E-state index contributed by atoms with van der Waals surface area (Å²) in [6.07, 6.45) is 3.18. The number of fused-ring (bicyclic) bond motifs is 1. The van der Waals surface area contributed by atoms with Crippen molar-refractivity contribution < 1.29 is 28.6 Å². The van der Waals surface area contributed by atoms with Crippen LogP contribution in [0.15, 0.2) is 54.6 Å². The Morgan fingerprint density at radius 2 is 1.77 bits per heavy atom. The van der Waals surface area contributed by atoms with E-state index in [-0.39, 0.29) is 6.54 Å². The van der Waals surface area contributed by atoms with Crippen LogP contribution in [0.25, 0.3) is 6.08 Å². The van der Waals surface area contributed by atoms with Crippen LogP contribution in [0, 0.1) is 0 Å². The molecule has 1 aliphatic rings. The lowest BCUT2D eigenvalue weighted by Crippen LogP contribution is -2.50. The molecule has 0 aromatic heterocycles. The van der Waals surface area contributed by atoms with Crippen molar-refractivity contribution in [1.29, 1.82) is 0 Å². The summed E-state index contributed by atoms with van der Waals surface area (Å²) in [5.74, 6) is -0.965. The number of methoxy groups -OCH3 is 1. The van der Waals surface area contributed by atoms with Crippen LogP contribution in [0.5, 0.6) is 5.75 Å². The molecule has 2 aromatic carbocycles. The lowest BCUT2D eigenvalue weighted by Gasteiger charge is -2.35. The zero-order valence-electron chi connectivity index (χ0n) is 17.6. The molecule has 1 atom stereocenters. The van der Waals surface area contributed by atoms with E-state index in [1.807, 2.05) is 49.4 Å². The maximum atomic E-state index is 12.8. The summed E-state index contributed by atoms with van der Waals surface area (Å²) in [4.78, 5) is 38.5. The van der Waals surface area contributed by atoms with Gasteiger partial charge in [0, 0.05) is 24.6 Å². The highest BCUT2D eigenvalue weighted by molar-refractivity contribution is 5.91. The quantitative estimate of drug-likeness (QED) is 0.503. The molecule has 0 saturated carbocycles. The second-order valence-corrected chi connectivity index (χ2v) is 6.95. The molecule has 7 nitrogen and oxygen atoms in total. The highest BCUT2D eigenvalue weighted by Gasteiger charge is 2.35. The third-order valence-electron chi connectivity index (χ3n) is 5.00. The van der Waals surface area contributed by atoms with Gasteiger partial charge in [0.05, 0.1) is 13.7 Å². The highest BCUT2D eigenvalue weighted by Crippen LogP contribution is 2.24. The average molecular weight is 423 g/mol. The number of amides is 1. The van der Waals surface area contributed by atoms with Crippen LogP contribution < -0.4 is 4.74 Å². The van der Waals surface area contributed by atoms with Crippen molar-refractivity contribution in [2.24, 2.45) is 0 Å². The van der Waals surface area contributed by atoms with Gasteiger partial charge in [-0.1, -0.05) is 42.5 Å². The first-order valence-electron chi connectivity index (χ1n) is 10.0. The van der Waals surface area contributed by atoms with E-state index < -0.39 is 30.5 Å². The molecule has 162 valence electrons. The molecule has 2 aromatic rings. The van der Waals surface area contributed by atoms with Crippen LogP contribution in [-0.4, -0.2) is 49.1 Å². The Kier molecular flexibility index (Phi) is 7.43. The van der Waals surface area contributed by atoms with Gasteiger partial charge in [0.25, 0.3) is 5.91 Å². The summed E-state index contributed by atoms with van der Waals surface area (Å²) in [5, 5.41) is 0. The second kappa shape index (κ2) is 10.4. The van der Waals surface area contributed by atoms with Crippen molar-refractivity contribution in [3.05, 3.63) is 71.3 Å². The number of ether oxygens (including phenoxy) is 3. The van der Waals surface area contributed by atoms with E-state index in [4.69, 9.17) is 14.2 Å². The Morgan fingerprint density at radius 1 is 1.06 bits per heavy atom. The van der Waals surface area contributed by atoms with Gasteiger partial charge in [-0.15, -0.1) is 0 Å². The lowest BCUT2D eigenvalue weighted by atomic mass is 9.94. The number of rotatable bonds is 7. The summed E-state index contributed by atoms with van der Waals surface area (Å²) in [6.45, 7) is 2.17. The van der Waals surface area contributed by atoms with Crippen molar-refractivity contribution in [3.8, 4) is 5.75 Å². The molecule has 0 radical (unpaired) electrons. The van der Waals surface area contributed by atoms with E-state index in [2.05, 4.69) is 0 Å². The van der Waals surface area contributed by atoms with E-state index in [1.165, 1.54) is 18.1 Å². The van der Waals surface area contributed by atoms with Crippen LogP contribution in [0.4, 0.5) is 0 Å². The van der Waals surface area contributed by atoms with Gasteiger partial charge in [-0.25, -0.2) is 9.59 Å². The van der Waals surface area contributed by atoms with Gasteiger partial charge in [-0.2, -0.15) is 0 Å². The van der Waals surface area contributed by atoms with Crippen LogP contribution >= 0.6 is 0 Å². The Balaban J connectivity index is 1.64. The van der Waals surface area contributed by atoms with Gasteiger partial charge in [0.1, 0.15) is 11.8 Å². The number of para-hydroxylation sites is 1. The number of benzene rings is 2. The number of hydrogen-bond donors (Lipinski definition) is 0. The zero-order valence-corrected chi connectivity index (χ0v) is 17.6. The maximum Gasteiger partial charge on any atom is 0.331 e. The summed E-state index contributed by atoms with van der Waals surface area (Å²) < 4.78 is 15.5. The molecule has 3 rings (SSSR count). The molecule has 0 aliphatic carbocycles. The highest BCUT2D eigenvalue weighted by atomic mass is 16.5. The molecule has 1 amide bonds. The fourth-order valence-electron chi connectivity index (χ4n) is 3.46.